The molecule has 0 fully saturated rings. The van der Waals surface area contributed by atoms with Gasteiger partial charge in [-0.1, -0.05) is 94.8 Å². The van der Waals surface area contributed by atoms with Gasteiger partial charge in [-0.15, -0.1) is 0 Å². The Balaban J connectivity index is 2.85. The van der Waals surface area contributed by atoms with Crippen LogP contribution in [-0.4, -0.2) is 31.7 Å². The molecule has 0 aliphatic carbocycles. The second kappa shape index (κ2) is 9.70. The van der Waals surface area contributed by atoms with Crippen LogP contribution in [0.3, 0.4) is 0 Å². The Morgan fingerprint density at radius 1 is 0.966 bits per heavy atom. The molecule has 154 valence electrons. The Bertz CT molecular complexity index is 812. The van der Waals surface area contributed by atoms with Crippen LogP contribution in [0.2, 0.25) is 5.04 Å². The van der Waals surface area contributed by atoms with Crippen molar-refractivity contribution in [2.24, 2.45) is 0 Å². The zero-order valence-electron chi connectivity index (χ0n) is 17.6. The van der Waals surface area contributed by atoms with E-state index in [0.717, 1.165) is 29.3 Å². The molecule has 0 aliphatic rings. The van der Waals surface area contributed by atoms with E-state index in [9.17, 15) is 14.7 Å². The van der Waals surface area contributed by atoms with Crippen molar-refractivity contribution in [1.29, 1.82) is 0 Å². The number of carbonyl (C=O) groups is 2. The molecule has 0 aromatic heterocycles. The SMILES string of the molecule is CCCCOC(=O)/C(=C\C(=O)O)[Si](c1ccccc1)(c1ccccc1)C(C)(C)C. The highest BCUT2D eigenvalue weighted by Gasteiger charge is 2.53. The second-order valence-corrected chi connectivity index (χ2v) is 12.8. The van der Waals surface area contributed by atoms with E-state index >= 15 is 0 Å². The van der Waals surface area contributed by atoms with Gasteiger partial charge in [0.15, 0.2) is 8.07 Å². The second-order valence-electron chi connectivity index (χ2n) is 8.12. The minimum Gasteiger partial charge on any atom is -0.478 e. The summed E-state index contributed by atoms with van der Waals surface area (Å²) in [6, 6.07) is 19.6. The van der Waals surface area contributed by atoms with Gasteiger partial charge in [0, 0.05) is 11.3 Å². The number of hydrogen-bond acceptors (Lipinski definition) is 3. The van der Waals surface area contributed by atoms with Crippen molar-refractivity contribution in [3.63, 3.8) is 0 Å². The summed E-state index contributed by atoms with van der Waals surface area (Å²) in [4.78, 5) is 25.1. The summed E-state index contributed by atoms with van der Waals surface area (Å²) in [7, 11) is -3.06. The van der Waals surface area contributed by atoms with Gasteiger partial charge in [0.1, 0.15) is 0 Å². The van der Waals surface area contributed by atoms with Gasteiger partial charge < -0.3 is 9.84 Å². The molecule has 4 nitrogen and oxygen atoms in total. The van der Waals surface area contributed by atoms with Crippen molar-refractivity contribution in [2.75, 3.05) is 6.61 Å². The number of carboxylic acids is 1. The van der Waals surface area contributed by atoms with E-state index in [1.54, 1.807) is 0 Å². The number of benzene rings is 2. The van der Waals surface area contributed by atoms with Crippen molar-refractivity contribution in [1.82, 2.24) is 0 Å². The first kappa shape index (κ1) is 22.6. The molecule has 1 N–H and O–H groups in total. The normalized spacial score (nSPS) is 12.5. The summed E-state index contributed by atoms with van der Waals surface area (Å²) in [6.45, 7) is 8.53. The Morgan fingerprint density at radius 3 is 1.83 bits per heavy atom. The molecular weight excluding hydrogens is 380 g/mol. The van der Waals surface area contributed by atoms with Gasteiger partial charge in [-0.25, -0.2) is 9.59 Å². The van der Waals surface area contributed by atoms with Gasteiger partial charge in [0.25, 0.3) is 0 Å². The number of esters is 1. The Kier molecular flexibility index (Phi) is 7.57. The molecule has 0 unspecified atom stereocenters. The minimum atomic E-state index is -3.06. The quantitative estimate of drug-likeness (QED) is 0.310. The largest absolute Gasteiger partial charge is 0.478 e. The zero-order chi connectivity index (χ0) is 21.5. The number of ether oxygens (including phenoxy) is 1. The molecule has 2 rings (SSSR count). The average Bonchev–Trinajstić information content (AvgIpc) is 2.68. The third kappa shape index (κ3) is 4.85. The average molecular weight is 411 g/mol. The van der Waals surface area contributed by atoms with Gasteiger partial charge in [0.05, 0.1) is 6.61 Å². The third-order valence-corrected chi connectivity index (χ3v) is 11.0. The molecule has 0 radical (unpaired) electrons. The number of carboxylic acid groups (broad SMARTS) is 1. The Hall–Kier alpha value is -2.66. The third-order valence-electron chi connectivity index (χ3n) is 5.16. The highest BCUT2D eigenvalue weighted by Crippen LogP contribution is 2.41. The lowest BCUT2D eigenvalue weighted by atomic mass is 10.2. The van der Waals surface area contributed by atoms with E-state index in [-0.39, 0.29) is 16.8 Å². The molecule has 0 saturated heterocycles. The first-order valence-corrected chi connectivity index (χ1v) is 12.0. The number of hydrogen-bond donors (Lipinski definition) is 1. The molecule has 0 saturated carbocycles. The molecule has 0 atom stereocenters. The zero-order valence-corrected chi connectivity index (χ0v) is 18.6. The minimum absolute atomic E-state index is 0.269. The fraction of sp³-hybridized carbons (Fsp3) is 0.333. The first-order chi connectivity index (χ1) is 13.7. The fourth-order valence-corrected chi connectivity index (χ4v) is 9.55. The van der Waals surface area contributed by atoms with Crippen LogP contribution in [0.25, 0.3) is 0 Å². The molecular formula is C24H30O4Si. The maximum absolute atomic E-state index is 13.3. The van der Waals surface area contributed by atoms with Crippen LogP contribution in [0.4, 0.5) is 0 Å². The summed E-state index contributed by atoms with van der Waals surface area (Å²) in [5.41, 5.74) is 0. The molecule has 0 heterocycles. The lowest BCUT2D eigenvalue weighted by molar-refractivity contribution is -0.139. The fourth-order valence-electron chi connectivity index (χ4n) is 3.95. The summed E-state index contributed by atoms with van der Waals surface area (Å²) < 4.78 is 5.55. The van der Waals surface area contributed by atoms with Gasteiger partial charge in [0.2, 0.25) is 0 Å². The monoisotopic (exact) mass is 410 g/mol. The van der Waals surface area contributed by atoms with E-state index in [1.807, 2.05) is 67.6 Å². The summed E-state index contributed by atoms with van der Waals surface area (Å²) >= 11 is 0. The maximum Gasteiger partial charge on any atom is 0.330 e. The van der Waals surface area contributed by atoms with Crippen molar-refractivity contribution < 1.29 is 19.4 Å². The van der Waals surface area contributed by atoms with Crippen LogP contribution in [0.15, 0.2) is 71.9 Å². The number of rotatable bonds is 8. The van der Waals surface area contributed by atoms with Crippen LogP contribution in [0.5, 0.6) is 0 Å². The van der Waals surface area contributed by atoms with Gasteiger partial charge in [-0.3, -0.25) is 0 Å². The van der Waals surface area contributed by atoms with Crippen molar-refractivity contribution >= 4 is 30.4 Å². The molecule has 2 aromatic rings. The molecule has 0 aliphatic heterocycles. The van der Waals surface area contributed by atoms with Crippen molar-refractivity contribution in [3.8, 4) is 0 Å². The van der Waals surface area contributed by atoms with E-state index < -0.39 is 20.0 Å². The van der Waals surface area contributed by atoms with Gasteiger partial charge >= 0.3 is 11.9 Å². The maximum atomic E-state index is 13.3. The molecule has 0 amide bonds. The van der Waals surface area contributed by atoms with Crippen LogP contribution in [-0.2, 0) is 14.3 Å². The van der Waals surface area contributed by atoms with E-state index in [4.69, 9.17) is 4.74 Å². The highest BCUT2D eigenvalue weighted by molar-refractivity contribution is 7.11. The lowest BCUT2D eigenvalue weighted by Crippen LogP contribution is -2.67. The lowest BCUT2D eigenvalue weighted by Gasteiger charge is -2.44. The highest BCUT2D eigenvalue weighted by atomic mass is 28.3. The summed E-state index contributed by atoms with van der Waals surface area (Å²) in [5.74, 6) is -1.67. The standard InChI is InChI=1S/C24H30O4Si/c1-5-6-17-28-23(27)21(18-22(25)26)29(24(2,3)4,19-13-9-7-10-14-19)20-15-11-8-12-16-20/h7-16,18H,5-6,17H2,1-4H3,(H,25,26)/b21-18+. The summed E-state index contributed by atoms with van der Waals surface area (Å²) in [6.07, 6.45) is 2.71. The van der Waals surface area contributed by atoms with Crippen LogP contribution >= 0.6 is 0 Å². The molecule has 2 aromatic carbocycles. The Labute approximate surface area is 174 Å². The van der Waals surface area contributed by atoms with Crippen LogP contribution < -0.4 is 10.4 Å². The number of aliphatic carboxylic acids is 1. The predicted molar refractivity (Wildman–Crippen MR) is 119 cm³/mol. The molecule has 5 heteroatoms. The Morgan fingerprint density at radius 2 is 1.45 bits per heavy atom. The molecule has 0 bridgehead atoms. The predicted octanol–water partition coefficient (Wildman–Crippen LogP) is 3.94. The number of unbranched alkanes of at least 4 members (excludes halogenated alkanes) is 1. The van der Waals surface area contributed by atoms with Crippen molar-refractivity contribution in [2.45, 2.75) is 45.6 Å². The van der Waals surface area contributed by atoms with Crippen LogP contribution in [0, 0.1) is 0 Å². The topological polar surface area (TPSA) is 63.6 Å². The smallest absolute Gasteiger partial charge is 0.330 e. The van der Waals surface area contributed by atoms with Gasteiger partial charge in [-0.2, -0.15) is 0 Å². The van der Waals surface area contributed by atoms with E-state index in [2.05, 4.69) is 20.8 Å². The van der Waals surface area contributed by atoms with E-state index in [1.165, 1.54) is 0 Å². The van der Waals surface area contributed by atoms with Crippen molar-refractivity contribution in [3.05, 3.63) is 71.9 Å². The molecule has 29 heavy (non-hydrogen) atoms. The van der Waals surface area contributed by atoms with Gasteiger partial charge in [-0.05, 0) is 21.8 Å². The van der Waals surface area contributed by atoms with Crippen LogP contribution in [0.1, 0.15) is 40.5 Å². The molecule has 0 spiro atoms. The van der Waals surface area contributed by atoms with E-state index in [0.29, 0.717) is 0 Å². The first-order valence-electron chi connectivity index (χ1n) is 9.98. The summed E-state index contributed by atoms with van der Waals surface area (Å²) in [5, 5.41) is 11.5. The number of carbonyl (C=O) groups excluding carboxylic acids is 1.